The molecule has 122 valence electrons. The van der Waals surface area contributed by atoms with Crippen LogP contribution in [0.25, 0.3) is 39.4 Å². The summed E-state index contributed by atoms with van der Waals surface area (Å²) in [6.45, 7) is 0. The van der Waals surface area contributed by atoms with Crippen LogP contribution >= 0.6 is 0 Å². The number of hydrogen-bond donors (Lipinski definition) is 2. The molecule has 25 heavy (non-hydrogen) atoms. The minimum Gasteiger partial charge on any atom is -0.478 e. The molecule has 4 aromatic rings. The van der Waals surface area contributed by atoms with Crippen molar-refractivity contribution in [2.45, 2.75) is 0 Å². The third kappa shape index (κ3) is 2.83. The molecule has 0 atom stereocenters. The maximum Gasteiger partial charge on any atom is 0.328 e. The van der Waals surface area contributed by atoms with E-state index in [-0.39, 0.29) is 0 Å². The lowest BCUT2D eigenvalue weighted by Crippen LogP contribution is -1.88. The number of carboxylic acid groups (broad SMARTS) is 1. The van der Waals surface area contributed by atoms with Gasteiger partial charge in [0.25, 0.3) is 0 Å². The van der Waals surface area contributed by atoms with Crippen LogP contribution in [0.4, 0.5) is 0 Å². The number of furan rings is 1. The predicted molar refractivity (Wildman–Crippen MR) is 95.9 cm³/mol. The fraction of sp³-hybridized carbons (Fsp3) is 0. The highest BCUT2D eigenvalue weighted by Crippen LogP contribution is 2.32. The van der Waals surface area contributed by atoms with E-state index in [0.717, 1.165) is 44.9 Å². The fourth-order valence-electron chi connectivity index (χ4n) is 2.87. The first-order chi connectivity index (χ1) is 12.2. The zero-order chi connectivity index (χ0) is 17.2. The maximum absolute atomic E-state index is 10.8. The summed E-state index contributed by atoms with van der Waals surface area (Å²) in [6.07, 6.45) is 9.75. The van der Waals surface area contributed by atoms with Crippen LogP contribution in [0.15, 0.2) is 71.8 Å². The molecule has 0 radical (unpaired) electrons. The second-order valence-corrected chi connectivity index (χ2v) is 5.59. The summed E-state index contributed by atoms with van der Waals surface area (Å²) >= 11 is 0. The van der Waals surface area contributed by atoms with Crippen molar-refractivity contribution in [3.63, 3.8) is 0 Å². The number of aromatic nitrogens is 2. The van der Waals surface area contributed by atoms with Gasteiger partial charge in [-0.1, -0.05) is 24.3 Å². The van der Waals surface area contributed by atoms with Crippen LogP contribution in [-0.4, -0.2) is 21.0 Å². The van der Waals surface area contributed by atoms with Gasteiger partial charge in [0.2, 0.25) is 0 Å². The van der Waals surface area contributed by atoms with E-state index in [0.29, 0.717) is 0 Å². The predicted octanol–water partition coefficient (Wildman–Crippen LogP) is 4.59. The van der Waals surface area contributed by atoms with Gasteiger partial charge < -0.3 is 14.5 Å². The van der Waals surface area contributed by atoms with Crippen molar-refractivity contribution >= 4 is 23.1 Å². The second kappa shape index (κ2) is 6.13. The zero-order valence-corrected chi connectivity index (χ0v) is 13.1. The molecule has 5 nitrogen and oxygen atoms in total. The van der Waals surface area contributed by atoms with Gasteiger partial charge in [0.05, 0.1) is 12.5 Å². The van der Waals surface area contributed by atoms with Gasteiger partial charge >= 0.3 is 5.97 Å². The number of carboxylic acids is 1. The number of nitrogens with one attached hydrogen (secondary N) is 1. The van der Waals surface area contributed by atoms with Gasteiger partial charge in [-0.05, 0) is 29.3 Å². The number of hydrogen-bond acceptors (Lipinski definition) is 3. The molecule has 0 bridgehead atoms. The maximum atomic E-state index is 10.8. The van der Waals surface area contributed by atoms with E-state index >= 15 is 0 Å². The van der Waals surface area contributed by atoms with Crippen molar-refractivity contribution in [1.29, 1.82) is 0 Å². The van der Waals surface area contributed by atoms with Crippen molar-refractivity contribution in [1.82, 2.24) is 9.97 Å². The van der Waals surface area contributed by atoms with Gasteiger partial charge in [-0.3, -0.25) is 0 Å². The number of benzene rings is 1. The van der Waals surface area contributed by atoms with Crippen LogP contribution < -0.4 is 0 Å². The molecule has 3 heterocycles. The van der Waals surface area contributed by atoms with Gasteiger partial charge in [0.15, 0.2) is 0 Å². The zero-order valence-electron chi connectivity index (χ0n) is 13.1. The smallest absolute Gasteiger partial charge is 0.328 e. The number of aromatic amines is 1. The molecule has 0 amide bonds. The number of aliphatic carboxylic acids is 1. The van der Waals surface area contributed by atoms with Crippen LogP contribution in [0.1, 0.15) is 5.56 Å². The quantitative estimate of drug-likeness (QED) is 0.536. The Morgan fingerprint density at radius 2 is 2.04 bits per heavy atom. The summed E-state index contributed by atoms with van der Waals surface area (Å²) < 4.78 is 5.18. The van der Waals surface area contributed by atoms with Crippen molar-refractivity contribution < 1.29 is 14.3 Å². The van der Waals surface area contributed by atoms with Crippen LogP contribution in [-0.2, 0) is 4.79 Å². The summed E-state index contributed by atoms with van der Waals surface area (Å²) in [4.78, 5) is 18.5. The van der Waals surface area contributed by atoms with Gasteiger partial charge in [-0.15, -0.1) is 0 Å². The van der Waals surface area contributed by atoms with Gasteiger partial charge in [0, 0.05) is 40.5 Å². The monoisotopic (exact) mass is 330 g/mol. The normalized spacial score (nSPS) is 11.4. The molecule has 0 saturated heterocycles. The molecule has 0 aliphatic rings. The van der Waals surface area contributed by atoms with E-state index in [9.17, 15) is 4.79 Å². The third-order valence-corrected chi connectivity index (χ3v) is 4.04. The molecule has 3 aromatic heterocycles. The molecule has 0 saturated carbocycles. The molecule has 0 aliphatic heterocycles. The molecule has 5 heteroatoms. The largest absolute Gasteiger partial charge is 0.478 e. The first-order valence-electron chi connectivity index (χ1n) is 7.72. The van der Waals surface area contributed by atoms with Crippen LogP contribution in [0.3, 0.4) is 0 Å². The molecule has 0 spiro atoms. The number of pyridine rings is 1. The summed E-state index contributed by atoms with van der Waals surface area (Å²) in [5, 5.41) is 9.86. The number of carbonyl (C=O) groups is 1. The average molecular weight is 330 g/mol. The Kier molecular flexibility index (Phi) is 3.67. The molecule has 1 aromatic carbocycles. The first-order valence-corrected chi connectivity index (χ1v) is 7.72. The highest BCUT2D eigenvalue weighted by molar-refractivity contribution is 5.96. The Morgan fingerprint density at radius 3 is 2.84 bits per heavy atom. The fourth-order valence-corrected chi connectivity index (χ4v) is 2.87. The molecule has 2 N–H and O–H groups in total. The molecule has 4 rings (SSSR count). The highest BCUT2D eigenvalue weighted by Gasteiger charge is 2.11. The van der Waals surface area contributed by atoms with Crippen molar-refractivity contribution in [2.75, 3.05) is 0 Å². The molecular weight excluding hydrogens is 316 g/mol. The number of rotatable bonds is 4. The van der Waals surface area contributed by atoms with Crippen LogP contribution in [0.5, 0.6) is 0 Å². The molecule has 0 aliphatic carbocycles. The van der Waals surface area contributed by atoms with Crippen molar-refractivity contribution in [3.05, 3.63) is 73.0 Å². The molecule has 0 unspecified atom stereocenters. The van der Waals surface area contributed by atoms with E-state index in [4.69, 9.17) is 9.52 Å². The van der Waals surface area contributed by atoms with E-state index in [1.54, 1.807) is 24.8 Å². The minimum absolute atomic E-state index is 0.790. The summed E-state index contributed by atoms with van der Waals surface area (Å²) in [6, 6.07) is 11.6. The third-order valence-electron chi connectivity index (χ3n) is 4.04. The number of fused-ring (bicyclic) bond motifs is 1. The Balaban J connectivity index is 1.86. The van der Waals surface area contributed by atoms with E-state index in [1.807, 2.05) is 36.5 Å². The number of nitrogens with zero attached hydrogens (tertiary/aromatic N) is 1. The molecule has 0 fully saturated rings. The lowest BCUT2D eigenvalue weighted by molar-refractivity contribution is -0.131. The lowest BCUT2D eigenvalue weighted by atomic mass is 9.99. The standard InChI is InChI=1S/C20H14N2O3/c23-19(24)6-5-13-3-1-2-4-16(13)15-9-17-18(14-7-8-25-12-14)11-22-20(17)21-10-15/h1-12H,(H,21,22)(H,23,24)/b6-5+. The summed E-state index contributed by atoms with van der Waals surface area (Å²) in [5.41, 5.74) is 5.45. The van der Waals surface area contributed by atoms with Gasteiger partial charge in [-0.2, -0.15) is 0 Å². The Bertz CT molecular complexity index is 1080. The minimum atomic E-state index is -0.976. The van der Waals surface area contributed by atoms with Crippen molar-refractivity contribution in [2.24, 2.45) is 0 Å². The van der Waals surface area contributed by atoms with Gasteiger partial charge in [0.1, 0.15) is 5.65 Å². The van der Waals surface area contributed by atoms with E-state index in [1.165, 1.54) is 0 Å². The highest BCUT2D eigenvalue weighted by atomic mass is 16.4. The van der Waals surface area contributed by atoms with Crippen LogP contribution in [0, 0.1) is 0 Å². The van der Waals surface area contributed by atoms with E-state index < -0.39 is 5.97 Å². The van der Waals surface area contributed by atoms with Gasteiger partial charge in [-0.25, -0.2) is 9.78 Å². The first kappa shape index (κ1) is 15.0. The summed E-state index contributed by atoms with van der Waals surface area (Å²) in [5.74, 6) is -0.976. The molecular formula is C20H14N2O3. The second-order valence-electron chi connectivity index (χ2n) is 5.59. The average Bonchev–Trinajstić information content (AvgIpc) is 3.28. The Morgan fingerprint density at radius 1 is 1.16 bits per heavy atom. The number of H-pyrrole nitrogens is 1. The topological polar surface area (TPSA) is 79.1 Å². The van der Waals surface area contributed by atoms with Crippen molar-refractivity contribution in [3.8, 4) is 22.3 Å². The lowest BCUT2D eigenvalue weighted by Gasteiger charge is -2.06. The Hall–Kier alpha value is -3.60. The SMILES string of the molecule is O=C(O)/C=C/c1ccccc1-c1cnc2[nH]cc(-c3ccoc3)c2c1. The van der Waals surface area contributed by atoms with Crippen LogP contribution in [0.2, 0.25) is 0 Å². The summed E-state index contributed by atoms with van der Waals surface area (Å²) in [7, 11) is 0. The Labute approximate surface area is 143 Å². The van der Waals surface area contributed by atoms with E-state index in [2.05, 4.69) is 16.0 Å².